The van der Waals surface area contributed by atoms with Crippen molar-refractivity contribution < 1.29 is 9.31 Å². The number of nitro groups is 1. The largest absolute Gasteiger partial charge is 0.353 e. The van der Waals surface area contributed by atoms with Crippen LogP contribution in [0, 0.1) is 15.9 Å². The first kappa shape index (κ1) is 18.7. The van der Waals surface area contributed by atoms with Gasteiger partial charge in [0.1, 0.15) is 12.1 Å². The van der Waals surface area contributed by atoms with E-state index in [2.05, 4.69) is 31.2 Å². The summed E-state index contributed by atoms with van der Waals surface area (Å²) in [5.74, 6) is -0.499. The molecule has 138 valence electrons. The Balaban J connectivity index is 1.96. The van der Waals surface area contributed by atoms with Crippen LogP contribution in [0.2, 0.25) is 0 Å². The first-order chi connectivity index (χ1) is 13.0. The Labute approximate surface area is 163 Å². The molecule has 0 aliphatic rings. The monoisotopic (exact) mass is 431 g/mol. The first-order valence-electron chi connectivity index (χ1n) is 7.92. The number of anilines is 3. The molecule has 9 heteroatoms. The van der Waals surface area contributed by atoms with Gasteiger partial charge in [-0.05, 0) is 23.8 Å². The van der Waals surface area contributed by atoms with Crippen LogP contribution in [0.5, 0.6) is 0 Å². The maximum Gasteiger partial charge on any atom is 0.353 e. The highest BCUT2D eigenvalue weighted by atomic mass is 79.9. The van der Waals surface area contributed by atoms with E-state index in [1.807, 2.05) is 30.3 Å². The molecule has 7 nitrogen and oxygen atoms in total. The van der Waals surface area contributed by atoms with E-state index in [0.29, 0.717) is 11.0 Å². The molecule has 0 bridgehead atoms. The molecule has 0 saturated heterocycles. The molecule has 0 atom stereocenters. The van der Waals surface area contributed by atoms with Gasteiger partial charge < -0.3 is 10.2 Å². The zero-order valence-corrected chi connectivity index (χ0v) is 15.9. The predicted octanol–water partition coefficient (Wildman–Crippen LogP) is 4.67. The van der Waals surface area contributed by atoms with Crippen LogP contribution in [0.1, 0.15) is 5.56 Å². The number of nitrogens with zero attached hydrogens (tertiary/aromatic N) is 4. The summed E-state index contributed by atoms with van der Waals surface area (Å²) >= 11 is 3.17. The zero-order valence-electron chi connectivity index (χ0n) is 14.3. The number of rotatable bonds is 6. The quantitative estimate of drug-likeness (QED) is 0.450. The second-order valence-corrected chi connectivity index (χ2v) is 6.66. The molecule has 1 N–H and O–H groups in total. The lowest BCUT2D eigenvalue weighted by Crippen LogP contribution is -2.20. The van der Waals surface area contributed by atoms with Gasteiger partial charge >= 0.3 is 5.69 Å². The van der Waals surface area contributed by atoms with Crippen molar-refractivity contribution in [3.8, 4) is 0 Å². The van der Waals surface area contributed by atoms with Crippen LogP contribution in [0.4, 0.5) is 27.4 Å². The highest BCUT2D eigenvalue weighted by Gasteiger charge is 2.26. The number of hydrogen-bond acceptors (Lipinski definition) is 6. The summed E-state index contributed by atoms with van der Waals surface area (Å²) in [6.07, 6.45) is 1.21. The topological polar surface area (TPSA) is 84.2 Å². The lowest BCUT2D eigenvalue weighted by molar-refractivity contribution is -0.383. The lowest BCUT2D eigenvalue weighted by atomic mass is 10.2. The molecule has 0 unspecified atom stereocenters. The van der Waals surface area contributed by atoms with Crippen LogP contribution in [0.25, 0.3) is 0 Å². The summed E-state index contributed by atoms with van der Waals surface area (Å²) in [5.41, 5.74) is 0.733. The van der Waals surface area contributed by atoms with Crippen LogP contribution in [-0.4, -0.2) is 21.9 Å². The number of halogens is 2. The molecular weight excluding hydrogens is 417 g/mol. The SMILES string of the molecule is CN(Cc1ccccc1)c1ncnc(Nc2ccc(Br)cc2F)c1[N+](=O)[O-]. The minimum Gasteiger partial charge on any atom is -0.349 e. The third-order valence-electron chi connectivity index (χ3n) is 3.79. The summed E-state index contributed by atoms with van der Waals surface area (Å²) in [6.45, 7) is 0.421. The van der Waals surface area contributed by atoms with Gasteiger partial charge in [0.25, 0.3) is 0 Å². The lowest BCUT2D eigenvalue weighted by Gasteiger charge is -2.19. The Bertz CT molecular complexity index is 971. The number of nitrogens with one attached hydrogen (secondary N) is 1. The molecule has 27 heavy (non-hydrogen) atoms. The fourth-order valence-corrected chi connectivity index (χ4v) is 2.89. The van der Waals surface area contributed by atoms with E-state index in [9.17, 15) is 14.5 Å². The molecule has 0 spiro atoms. The van der Waals surface area contributed by atoms with Crippen LogP contribution in [0.3, 0.4) is 0 Å². The molecule has 3 aromatic rings. The third kappa shape index (κ3) is 4.37. The van der Waals surface area contributed by atoms with Crippen molar-refractivity contribution >= 4 is 38.9 Å². The smallest absolute Gasteiger partial charge is 0.349 e. The van der Waals surface area contributed by atoms with Crippen molar-refractivity contribution in [2.45, 2.75) is 6.54 Å². The Morgan fingerprint density at radius 2 is 1.96 bits per heavy atom. The van der Waals surface area contributed by atoms with Gasteiger partial charge in [0.2, 0.25) is 11.6 Å². The molecule has 0 aliphatic heterocycles. The van der Waals surface area contributed by atoms with Crippen LogP contribution >= 0.6 is 15.9 Å². The maximum atomic E-state index is 14.1. The van der Waals surface area contributed by atoms with Crippen molar-refractivity contribution in [2.24, 2.45) is 0 Å². The number of aromatic nitrogens is 2. The van der Waals surface area contributed by atoms with E-state index in [0.717, 1.165) is 5.56 Å². The Morgan fingerprint density at radius 3 is 2.63 bits per heavy atom. The van der Waals surface area contributed by atoms with E-state index >= 15 is 0 Å². The van der Waals surface area contributed by atoms with E-state index in [-0.39, 0.29) is 23.0 Å². The standard InChI is InChI=1S/C18H15BrFN5O2/c1-24(10-12-5-3-2-4-6-12)18-16(25(26)27)17(21-11-22-18)23-15-8-7-13(19)9-14(15)20/h2-9,11H,10H2,1H3,(H,21,22,23). The summed E-state index contributed by atoms with van der Waals surface area (Å²) in [5, 5.41) is 14.4. The van der Waals surface area contributed by atoms with E-state index < -0.39 is 10.7 Å². The van der Waals surface area contributed by atoms with E-state index in [4.69, 9.17) is 0 Å². The molecule has 0 aliphatic carbocycles. The molecule has 1 aromatic heterocycles. The molecule has 3 rings (SSSR count). The van der Waals surface area contributed by atoms with Gasteiger partial charge in [-0.25, -0.2) is 14.4 Å². The molecule has 2 aromatic carbocycles. The molecular formula is C18H15BrFN5O2. The molecule has 0 saturated carbocycles. The van der Waals surface area contributed by atoms with Crippen LogP contribution in [0.15, 0.2) is 59.3 Å². The number of hydrogen-bond donors (Lipinski definition) is 1. The van der Waals surface area contributed by atoms with Gasteiger partial charge in [-0.3, -0.25) is 10.1 Å². The second kappa shape index (κ2) is 8.09. The van der Waals surface area contributed by atoms with Crippen LogP contribution in [-0.2, 0) is 6.54 Å². The summed E-state index contributed by atoms with van der Waals surface area (Å²) in [4.78, 5) is 20.8. The fourth-order valence-electron chi connectivity index (χ4n) is 2.56. The van der Waals surface area contributed by atoms with Crippen molar-refractivity contribution in [1.82, 2.24) is 9.97 Å². The minimum atomic E-state index is -0.573. The highest BCUT2D eigenvalue weighted by molar-refractivity contribution is 9.10. The number of benzene rings is 2. The van der Waals surface area contributed by atoms with E-state index in [1.54, 1.807) is 18.0 Å². The van der Waals surface area contributed by atoms with Crippen LogP contribution < -0.4 is 10.2 Å². The first-order valence-corrected chi connectivity index (χ1v) is 8.71. The zero-order chi connectivity index (χ0) is 19.4. The summed E-state index contributed by atoms with van der Waals surface area (Å²) in [7, 11) is 1.70. The average Bonchev–Trinajstić information content (AvgIpc) is 2.64. The van der Waals surface area contributed by atoms with Gasteiger partial charge in [-0.15, -0.1) is 0 Å². The highest BCUT2D eigenvalue weighted by Crippen LogP contribution is 2.34. The average molecular weight is 432 g/mol. The second-order valence-electron chi connectivity index (χ2n) is 5.74. The Kier molecular flexibility index (Phi) is 5.60. The molecule has 1 heterocycles. The maximum absolute atomic E-state index is 14.1. The van der Waals surface area contributed by atoms with Gasteiger partial charge in [0, 0.05) is 18.1 Å². The molecule has 0 fully saturated rings. The van der Waals surface area contributed by atoms with Crippen molar-refractivity contribution in [3.05, 3.63) is 80.8 Å². The summed E-state index contributed by atoms with van der Waals surface area (Å²) in [6, 6.07) is 13.9. The Morgan fingerprint density at radius 1 is 1.22 bits per heavy atom. The van der Waals surface area contributed by atoms with E-state index in [1.165, 1.54) is 18.5 Å². The molecule has 0 amide bonds. The predicted molar refractivity (Wildman–Crippen MR) is 105 cm³/mol. The van der Waals surface area contributed by atoms with Gasteiger partial charge in [0.15, 0.2) is 0 Å². The fraction of sp³-hybridized carbons (Fsp3) is 0.111. The normalized spacial score (nSPS) is 10.5. The van der Waals surface area contributed by atoms with Gasteiger partial charge in [-0.1, -0.05) is 46.3 Å². The summed E-state index contributed by atoms with van der Waals surface area (Å²) < 4.78 is 14.7. The van der Waals surface area contributed by atoms with Crippen molar-refractivity contribution in [1.29, 1.82) is 0 Å². The van der Waals surface area contributed by atoms with Crippen molar-refractivity contribution in [3.63, 3.8) is 0 Å². The van der Waals surface area contributed by atoms with Crippen molar-refractivity contribution in [2.75, 3.05) is 17.3 Å². The Hall–Kier alpha value is -3.07. The van der Waals surface area contributed by atoms with Gasteiger partial charge in [-0.2, -0.15) is 0 Å². The van der Waals surface area contributed by atoms with Gasteiger partial charge in [0.05, 0.1) is 10.6 Å². The minimum absolute atomic E-state index is 0.0777. The molecule has 0 radical (unpaired) electrons. The third-order valence-corrected chi connectivity index (χ3v) is 4.29.